The van der Waals surface area contributed by atoms with Gasteiger partial charge in [-0.3, -0.25) is 0 Å². The number of hydrogen-bond acceptors (Lipinski definition) is 2. The summed E-state index contributed by atoms with van der Waals surface area (Å²) in [5, 5.41) is 4.97. The predicted molar refractivity (Wildman–Crippen MR) is 48.7 cm³/mol. The molecule has 0 heterocycles. The molecule has 0 aromatic heterocycles. The summed E-state index contributed by atoms with van der Waals surface area (Å²) in [5.74, 6) is 1.11. The maximum atomic E-state index is 4.59. The van der Waals surface area contributed by atoms with E-state index in [-0.39, 0.29) is 0 Å². The van der Waals surface area contributed by atoms with Crippen LogP contribution in [0, 0.1) is 0 Å². The molecule has 0 amide bonds. The van der Waals surface area contributed by atoms with Crippen LogP contribution in [-0.4, -0.2) is 11.2 Å². The van der Waals surface area contributed by atoms with E-state index in [1.165, 1.54) is 5.49 Å². The zero-order valence-corrected chi connectivity index (χ0v) is 7.31. The number of nitrogens with one attached hydrogen (secondary N) is 1. The van der Waals surface area contributed by atoms with Crippen LogP contribution in [0.1, 0.15) is 13.8 Å². The SMILES string of the molecule is CCS/C=C(/C)NC=S. The fourth-order valence-electron chi connectivity index (χ4n) is 0.335. The Morgan fingerprint density at radius 2 is 2.44 bits per heavy atom. The van der Waals surface area contributed by atoms with Crippen molar-refractivity contribution in [2.75, 3.05) is 5.75 Å². The Morgan fingerprint density at radius 1 is 1.78 bits per heavy atom. The Labute approximate surface area is 65.9 Å². The zero-order chi connectivity index (χ0) is 7.11. The van der Waals surface area contributed by atoms with Gasteiger partial charge in [0, 0.05) is 5.70 Å². The van der Waals surface area contributed by atoms with E-state index in [1.54, 1.807) is 11.8 Å². The number of rotatable bonds is 4. The fraction of sp³-hybridized carbons (Fsp3) is 0.500. The van der Waals surface area contributed by atoms with E-state index in [1.807, 2.05) is 6.92 Å². The molecule has 9 heavy (non-hydrogen) atoms. The van der Waals surface area contributed by atoms with Crippen LogP contribution in [0.25, 0.3) is 0 Å². The van der Waals surface area contributed by atoms with E-state index in [2.05, 4.69) is 29.9 Å². The molecular formula is C6H11NS2. The maximum Gasteiger partial charge on any atom is 0.0656 e. The summed E-state index contributed by atoms with van der Waals surface area (Å²) in [7, 11) is 0. The second-order valence-electron chi connectivity index (χ2n) is 1.52. The Balaban J connectivity index is 3.42. The van der Waals surface area contributed by atoms with Crippen molar-refractivity contribution >= 4 is 29.5 Å². The molecule has 0 aliphatic heterocycles. The highest BCUT2D eigenvalue weighted by Gasteiger charge is 1.80. The summed E-state index contributed by atoms with van der Waals surface area (Å²) >= 11 is 6.36. The highest BCUT2D eigenvalue weighted by molar-refractivity contribution is 8.02. The molecule has 1 nitrogen and oxygen atoms in total. The van der Waals surface area contributed by atoms with Crippen molar-refractivity contribution < 1.29 is 0 Å². The molecule has 0 aliphatic rings. The molecule has 0 aromatic rings. The van der Waals surface area contributed by atoms with Crippen LogP contribution in [0.4, 0.5) is 0 Å². The first kappa shape index (κ1) is 8.98. The normalized spacial score (nSPS) is 11.1. The monoisotopic (exact) mass is 161 g/mol. The van der Waals surface area contributed by atoms with E-state index < -0.39 is 0 Å². The summed E-state index contributed by atoms with van der Waals surface area (Å²) in [6.07, 6.45) is 0. The van der Waals surface area contributed by atoms with Gasteiger partial charge >= 0.3 is 0 Å². The van der Waals surface area contributed by atoms with Crippen LogP contribution in [0.5, 0.6) is 0 Å². The second kappa shape index (κ2) is 6.11. The molecule has 0 rings (SSSR count). The lowest BCUT2D eigenvalue weighted by Crippen LogP contribution is -2.04. The van der Waals surface area contributed by atoms with Crippen molar-refractivity contribution in [2.45, 2.75) is 13.8 Å². The molecule has 0 aromatic carbocycles. The number of thiocarbonyl (C=S) groups is 1. The summed E-state index contributed by atoms with van der Waals surface area (Å²) < 4.78 is 0. The minimum Gasteiger partial charge on any atom is -0.356 e. The van der Waals surface area contributed by atoms with Crippen LogP contribution < -0.4 is 5.32 Å². The largest absolute Gasteiger partial charge is 0.356 e. The van der Waals surface area contributed by atoms with Gasteiger partial charge in [-0.2, -0.15) is 0 Å². The number of thioether (sulfide) groups is 1. The number of hydrogen-bond donors (Lipinski definition) is 1. The first-order valence-electron chi connectivity index (χ1n) is 2.79. The predicted octanol–water partition coefficient (Wildman–Crippen LogP) is 2.15. The lowest BCUT2D eigenvalue weighted by Gasteiger charge is -1.95. The standard InChI is InChI=1S/C6H11NS2/c1-3-9-4-6(2)7-5-8/h4-5H,3H2,1-2H3,(H,7,8)/b6-4-. The molecule has 0 saturated carbocycles. The second-order valence-corrected chi connectivity index (χ2v) is 2.90. The molecular weight excluding hydrogens is 150 g/mol. The quantitative estimate of drug-likeness (QED) is 0.634. The molecule has 0 fully saturated rings. The lowest BCUT2D eigenvalue weighted by atomic mass is 10.6. The van der Waals surface area contributed by atoms with Crippen molar-refractivity contribution in [2.24, 2.45) is 0 Å². The summed E-state index contributed by atoms with van der Waals surface area (Å²) in [5.41, 5.74) is 2.62. The molecule has 0 radical (unpaired) electrons. The van der Waals surface area contributed by atoms with Gasteiger partial charge in [0.2, 0.25) is 0 Å². The van der Waals surface area contributed by atoms with Gasteiger partial charge in [0.25, 0.3) is 0 Å². The van der Waals surface area contributed by atoms with E-state index in [0.29, 0.717) is 0 Å². The van der Waals surface area contributed by atoms with Gasteiger partial charge in [-0.05, 0) is 18.1 Å². The third-order valence-corrected chi connectivity index (χ3v) is 1.68. The van der Waals surface area contributed by atoms with Crippen LogP contribution in [0.3, 0.4) is 0 Å². The van der Waals surface area contributed by atoms with Crippen molar-refractivity contribution in [3.8, 4) is 0 Å². The molecule has 0 saturated heterocycles. The Kier molecular flexibility index (Phi) is 6.09. The van der Waals surface area contributed by atoms with Crippen molar-refractivity contribution in [1.29, 1.82) is 0 Å². The molecule has 1 N–H and O–H groups in total. The van der Waals surface area contributed by atoms with Crippen molar-refractivity contribution in [3.63, 3.8) is 0 Å². The van der Waals surface area contributed by atoms with E-state index in [9.17, 15) is 0 Å². The summed E-state index contributed by atoms with van der Waals surface area (Å²) in [6.45, 7) is 4.11. The van der Waals surface area contributed by atoms with Gasteiger partial charge in [-0.25, -0.2) is 0 Å². The van der Waals surface area contributed by atoms with Crippen molar-refractivity contribution in [3.05, 3.63) is 11.1 Å². The van der Waals surface area contributed by atoms with Gasteiger partial charge in [0.15, 0.2) is 0 Å². The van der Waals surface area contributed by atoms with Gasteiger partial charge in [0.1, 0.15) is 0 Å². The van der Waals surface area contributed by atoms with Crippen molar-refractivity contribution in [1.82, 2.24) is 5.32 Å². The average Bonchev–Trinajstić information content (AvgIpc) is 1.85. The van der Waals surface area contributed by atoms with Gasteiger partial charge in [0.05, 0.1) is 5.49 Å². The van der Waals surface area contributed by atoms with E-state index in [0.717, 1.165) is 11.4 Å². The third-order valence-electron chi connectivity index (χ3n) is 0.713. The Morgan fingerprint density at radius 3 is 2.89 bits per heavy atom. The first-order chi connectivity index (χ1) is 4.31. The average molecular weight is 161 g/mol. The highest BCUT2D eigenvalue weighted by atomic mass is 32.2. The molecule has 0 unspecified atom stereocenters. The van der Waals surface area contributed by atoms with E-state index >= 15 is 0 Å². The minimum atomic E-state index is 1.11. The maximum absolute atomic E-state index is 4.59. The lowest BCUT2D eigenvalue weighted by molar-refractivity contribution is 1.17. The zero-order valence-electron chi connectivity index (χ0n) is 5.68. The molecule has 3 heteroatoms. The van der Waals surface area contributed by atoms with Gasteiger partial charge < -0.3 is 5.32 Å². The van der Waals surface area contributed by atoms with Gasteiger partial charge in [-0.1, -0.05) is 19.1 Å². The molecule has 0 atom stereocenters. The van der Waals surface area contributed by atoms with Gasteiger partial charge in [-0.15, -0.1) is 11.8 Å². The van der Waals surface area contributed by atoms with Crippen LogP contribution in [0.15, 0.2) is 11.1 Å². The molecule has 0 spiro atoms. The number of allylic oxidation sites excluding steroid dienone is 1. The Hall–Kier alpha value is -0.0200. The third kappa shape index (κ3) is 5.86. The minimum absolute atomic E-state index is 1.11. The summed E-state index contributed by atoms with van der Waals surface area (Å²) in [6, 6.07) is 0. The smallest absolute Gasteiger partial charge is 0.0656 e. The molecule has 0 bridgehead atoms. The molecule has 0 aliphatic carbocycles. The van der Waals surface area contributed by atoms with Crippen LogP contribution >= 0.6 is 24.0 Å². The van der Waals surface area contributed by atoms with E-state index in [4.69, 9.17) is 0 Å². The summed E-state index contributed by atoms with van der Waals surface area (Å²) in [4.78, 5) is 0. The highest BCUT2D eigenvalue weighted by Crippen LogP contribution is 2.02. The topological polar surface area (TPSA) is 12.0 Å². The fourth-order valence-corrected chi connectivity index (χ4v) is 1.01. The van der Waals surface area contributed by atoms with Crippen LogP contribution in [0.2, 0.25) is 0 Å². The van der Waals surface area contributed by atoms with Crippen LogP contribution in [-0.2, 0) is 0 Å². The first-order valence-corrected chi connectivity index (χ1v) is 4.31. The molecule has 52 valence electrons. The Bertz CT molecular complexity index is 110.